The molecule has 0 aliphatic rings. The van der Waals surface area contributed by atoms with Gasteiger partial charge in [-0.05, 0) is 36.9 Å². The molecule has 0 aliphatic heterocycles. The van der Waals surface area contributed by atoms with Crippen LogP contribution in [0, 0.1) is 0 Å². The van der Waals surface area contributed by atoms with E-state index >= 15 is 0 Å². The van der Waals surface area contributed by atoms with E-state index in [1.165, 1.54) is 24.7 Å². The van der Waals surface area contributed by atoms with Gasteiger partial charge in [-0.1, -0.05) is 24.2 Å². The third-order valence-electron chi connectivity index (χ3n) is 2.17. The lowest BCUT2D eigenvalue weighted by Gasteiger charge is -2.18. The molecule has 0 fully saturated rings. The lowest BCUT2D eigenvalue weighted by atomic mass is 10.2. The van der Waals surface area contributed by atoms with Crippen molar-refractivity contribution >= 4 is 24.4 Å². The topological polar surface area (TPSA) is 57.1 Å². The van der Waals surface area contributed by atoms with E-state index < -0.39 is 6.80 Å². The molecule has 1 atom stereocenters. The van der Waals surface area contributed by atoms with Crippen molar-refractivity contribution in [2.24, 2.45) is 5.16 Å². The maximum absolute atomic E-state index is 12.6. The summed E-state index contributed by atoms with van der Waals surface area (Å²) >= 11 is 1.21. The van der Waals surface area contributed by atoms with E-state index in [2.05, 4.69) is 9.99 Å². The zero-order chi connectivity index (χ0) is 14.8. The molecule has 0 bridgehead atoms. The minimum Gasteiger partial charge on any atom is -0.416 e. The van der Waals surface area contributed by atoms with Gasteiger partial charge in [0.25, 0.3) is 0 Å². The molecule has 0 radical (unpaired) electrons. The zero-order valence-electron chi connectivity index (χ0n) is 11.9. The second-order valence-corrected chi connectivity index (χ2v) is 7.86. The van der Waals surface area contributed by atoms with Gasteiger partial charge in [0.2, 0.25) is 0 Å². The average Bonchev–Trinajstić information content (AvgIpc) is 2.44. The van der Waals surface area contributed by atoms with E-state index in [0.717, 1.165) is 6.42 Å². The largest absolute Gasteiger partial charge is 0.440 e. The second-order valence-electron chi connectivity index (χ2n) is 3.74. The highest BCUT2D eigenvalue weighted by Crippen LogP contribution is 2.60. The lowest BCUT2D eigenvalue weighted by Crippen LogP contribution is -1.98. The maximum Gasteiger partial charge on any atom is 0.440 e. The molecule has 0 saturated heterocycles. The Morgan fingerprint density at radius 1 is 1.35 bits per heavy atom. The van der Waals surface area contributed by atoms with Gasteiger partial charge in [0.05, 0.1) is 12.8 Å². The Morgan fingerprint density at radius 2 is 2.10 bits per heavy atom. The highest BCUT2D eigenvalue weighted by atomic mass is 32.7. The highest BCUT2D eigenvalue weighted by molar-refractivity contribution is 8.55. The molecule has 20 heavy (non-hydrogen) atoms. The van der Waals surface area contributed by atoms with E-state index in [4.69, 9.17) is 9.05 Å². The van der Waals surface area contributed by atoms with Crippen molar-refractivity contribution < 1.29 is 18.5 Å². The first kappa shape index (κ1) is 17.1. The summed E-state index contributed by atoms with van der Waals surface area (Å²) < 4.78 is 23.5. The average molecular weight is 317 g/mol. The monoisotopic (exact) mass is 317 g/mol. The van der Waals surface area contributed by atoms with Crippen LogP contribution in [-0.2, 0) is 13.9 Å². The fourth-order valence-corrected chi connectivity index (χ4v) is 4.82. The third kappa shape index (κ3) is 5.57. The van der Waals surface area contributed by atoms with Crippen LogP contribution < -0.4 is 4.52 Å². The van der Waals surface area contributed by atoms with Crippen molar-refractivity contribution in [3.8, 4) is 5.75 Å². The molecule has 1 aromatic carbocycles. The summed E-state index contributed by atoms with van der Waals surface area (Å²) in [7, 11) is 1.46. The van der Waals surface area contributed by atoms with Crippen molar-refractivity contribution in [2.45, 2.75) is 20.3 Å². The zero-order valence-corrected chi connectivity index (χ0v) is 13.7. The molecule has 0 saturated carbocycles. The first-order valence-electron chi connectivity index (χ1n) is 6.39. The molecule has 0 aliphatic carbocycles. The number of oxime groups is 1. The third-order valence-corrected chi connectivity index (χ3v) is 6.11. The normalized spacial score (nSPS) is 14.2. The molecule has 7 heteroatoms. The van der Waals surface area contributed by atoms with Gasteiger partial charge in [-0.2, -0.15) is 0 Å². The minimum atomic E-state index is -3.20. The molecule has 0 spiro atoms. The summed E-state index contributed by atoms with van der Waals surface area (Å²) in [5.41, 5.74) is 0.686. The number of hydrogen-bond acceptors (Lipinski definition) is 6. The van der Waals surface area contributed by atoms with Crippen LogP contribution in [0.2, 0.25) is 0 Å². The molecule has 112 valence electrons. The van der Waals surface area contributed by atoms with Crippen molar-refractivity contribution in [2.75, 3.05) is 19.5 Å². The van der Waals surface area contributed by atoms with E-state index in [0.29, 0.717) is 23.7 Å². The number of hydrogen-bond donors (Lipinski definition) is 0. The van der Waals surface area contributed by atoms with Crippen molar-refractivity contribution in [3.63, 3.8) is 0 Å². The van der Waals surface area contributed by atoms with E-state index in [-0.39, 0.29) is 0 Å². The Kier molecular flexibility index (Phi) is 7.73. The van der Waals surface area contributed by atoms with Crippen molar-refractivity contribution in [1.29, 1.82) is 0 Å². The molecule has 5 nitrogen and oxygen atoms in total. The second kappa shape index (κ2) is 9.06. The van der Waals surface area contributed by atoms with Crippen molar-refractivity contribution in [3.05, 3.63) is 29.8 Å². The fourth-order valence-electron chi connectivity index (χ4n) is 1.35. The first-order chi connectivity index (χ1) is 9.65. The molecule has 0 amide bonds. The number of benzene rings is 1. The van der Waals surface area contributed by atoms with E-state index in [1.54, 1.807) is 25.1 Å². The van der Waals surface area contributed by atoms with Crippen LogP contribution in [0.15, 0.2) is 29.4 Å². The van der Waals surface area contributed by atoms with Gasteiger partial charge in [0.1, 0.15) is 12.9 Å². The van der Waals surface area contributed by atoms with Crippen LogP contribution in [0.25, 0.3) is 0 Å². The molecule has 1 rings (SSSR count). The summed E-state index contributed by atoms with van der Waals surface area (Å²) in [6, 6.07) is 7.18. The first-order valence-corrected chi connectivity index (χ1v) is 9.52. The smallest absolute Gasteiger partial charge is 0.416 e. The van der Waals surface area contributed by atoms with Crippen LogP contribution in [-0.4, -0.2) is 25.7 Å². The fraction of sp³-hybridized carbons (Fsp3) is 0.462. The van der Waals surface area contributed by atoms with Crippen LogP contribution in [0.5, 0.6) is 5.75 Å². The lowest BCUT2D eigenvalue weighted by molar-refractivity contribution is 0.215. The Balaban J connectivity index is 2.93. The Morgan fingerprint density at radius 3 is 2.75 bits per heavy atom. The number of para-hydroxylation sites is 1. The van der Waals surface area contributed by atoms with Gasteiger partial charge >= 0.3 is 6.80 Å². The summed E-state index contributed by atoms with van der Waals surface area (Å²) in [5.74, 6) is 1.18. The van der Waals surface area contributed by atoms with Crippen LogP contribution >= 0.6 is 18.2 Å². The number of nitrogens with zero attached hydrogens (tertiary/aromatic N) is 1. The summed E-state index contributed by atoms with van der Waals surface area (Å²) in [6.07, 6.45) is 2.41. The van der Waals surface area contributed by atoms with Crippen LogP contribution in [0.1, 0.15) is 25.8 Å². The van der Waals surface area contributed by atoms with Gasteiger partial charge in [0, 0.05) is 11.3 Å². The molecular formula is C13H20NO4PS. The van der Waals surface area contributed by atoms with E-state index in [9.17, 15) is 4.57 Å². The van der Waals surface area contributed by atoms with Crippen LogP contribution in [0.4, 0.5) is 0 Å². The van der Waals surface area contributed by atoms with Gasteiger partial charge in [-0.3, -0.25) is 4.52 Å². The van der Waals surface area contributed by atoms with E-state index in [1.807, 2.05) is 13.0 Å². The Hall–Kier alpha value is -0.970. The van der Waals surface area contributed by atoms with Gasteiger partial charge in [-0.15, -0.1) is 0 Å². The molecule has 0 heterocycles. The number of rotatable bonds is 9. The predicted molar refractivity (Wildman–Crippen MR) is 83.7 cm³/mol. The summed E-state index contributed by atoms with van der Waals surface area (Å²) in [6.45, 7) is 0.942. The predicted octanol–water partition coefficient (Wildman–Crippen LogP) is 4.33. The minimum absolute atomic E-state index is 0.336. The molecule has 0 aromatic heterocycles. The summed E-state index contributed by atoms with van der Waals surface area (Å²) in [4.78, 5) is 4.65. The summed E-state index contributed by atoms with van der Waals surface area (Å²) in [5, 5.41) is 3.70. The molecular weight excluding hydrogens is 297 g/mol. The Bertz CT molecular complexity index is 481. The molecule has 1 unspecified atom stereocenters. The highest BCUT2D eigenvalue weighted by Gasteiger charge is 2.27. The quantitative estimate of drug-likeness (QED) is 0.385. The SMILES string of the molecule is CCCSP(=O)(OCC)Oc1ccccc1C=NOC. The van der Waals surface area contributed by atoms with Crippen molar-refractivity contribution in [1.82, 2.24) is 0 Å². The standard InChI is InChI=1S/C13H20NO4PS/c1-4-10-20-19(15,17-5-2)18-13-9-7-6-8-12(13)11-14-16-3/h6-9,11H,4-5,10H2,1-3H3. The Labute approximate surface area is 124 Å². The maximum atomic E-state index is 12.6. The molecule has 1 aromatic rings. The van der Waals surface area contributed by atoms with Gasteiger partial charge in [-0.25, -0.2) is 4.57 Å². The van der Waals surface area contributed by atoms with Crippen LogP contribution in [0.3, 0.4) is 0 Å². The van der Waals surface area contributed by atoms with Gasteiger partial charge in [0.15, 0.2) is 0 Å². The molecule has 0 N–H and O–H groups in total. The van der Waals surface area contributed by atoms with Gasteiger partial charge < -0.3 is 9.36 Å².